The molecule has 0 radical (unpaired) electrons. The van der Waals surface area contributed by atoms with Crippen LogP contribution in [0.1, 0.15) is 24.2 Å². The topological polar surface area (TPSA) is 95.9 Å². The molecule has 0 bridgehead atoms. The molecule has 1 rings (SSSR count). The monoisotopic (exact) mass is 267 g/mol. The van der Waals surface area contributed by atoms with Crippen LogP contribution in [-0.4, -0.2) is 35.7 Å². The maximum Gasteiger partial charge on any atom is 0.313 e. The van der Waals surface area contributed by atoms with Crippen molar-refractivity contribution in [3.8, 4) is 11.5 Å². The van der Waals surface area contributed by atoms with Gasteiger partial charge in [-0.2, -0.15) is 0 Å². The lowest BCUT2D eigenvalue weighted by Gasteiger charge is -2.21. The predicted molar refractivity (Wildman–Crippen MR) is 67.9 cm³/mol. The number of amides is 1. The zero-order valence-electron chi connectivity index (χ0n) is 11.1. The fourth-order valence-electron chi connectivity index (χ4n) is 1.48. The number of methoxy groups -OCH3 is 1. The molecule has 0 heterocycles. The van der Waals surface area contributed by atoms with Crippen molar-refractivity contribution in [3.05, 3.63) is 23.8 Å². The summed E-state index contributed by atoms with van der Waals surface area (Å²) in [6.07, 6.45) is 0. The number of hydrogen-bond acceptors (Lipinski definition) is 5. The molecule has 0 fully saturated rings. The second kappa shape index (κ2) is 5.60. The van der Waals surface area contributed by atoms with Crippen LogP contribution in [0.2, 0.25) is 0 Å². The molecule has 1 aromatic rings. The van der Waals surface area contributed by atoms with Gasteiger partial charge in [0.1, 0.15) is 11.5 Å². The summed E-state index contributed by atoms with van der Waals surface area (Å²) in [5, 5.41) is 21.1. The Morgan fingerprint density at radius 1 is 1.21 bits per heavy atom. The van der Waals surface area contributed by atoms with E-state index in [4.69, 9.17) is 0 Å². The molecule has 0 aromatic heterocycles. The molecule has 0 saturated carbocycles. The minimum absolute atomic E-state index is 0.0783. The van der Waals surface area contributed by atoms with E-state index in [2.05, 4.69) is 10.1 Å². The summed E-state index contributed by atoms with van der Waals surface area (Å²) in [4.78, 5) is 23.3. The number of nitrogens with one attached hydrogen (secondary N) is 1. The molecule has 0 saturated heterocycles. The van der Waals surface area contributed by atoms with Crippen LogP contribution in [0.25, 0.3) is 0 Å². The molecule has 1 amide bonds. The van der Waals surface area contributed by atoms with Crippen LogP contribution in [0.5, 0.6) is 11.5 Å². The quantitative estimate of drug-likeness (QED) is 0.708. The smallest absolute Gasteiger partial charge is 0.313 e. The normalized spacial score (nSPS) is 10.9. The van der Waals surface area contributed by atoms with Gasteiger partial charge in [-0.15, -0.1) is 0 Å². The second-order valence-electron chi connectivity index (χ2n) is 4.80. The molecule has 0 atom stereocenters. The highest BCUT2D eigenvalue weighted by molar-refractivity contribution is 5.95. The van der Waals surface area contributed by atoms with Crippen LogP contribution >= 0.6 is 0 Å². The van der Waals surface area contributed by atoms with E-state index in [1.165, 1.54) is 19.2 Å². The standard InChI is InChI=1S/C13H17NO5/c1-13(2,12(18)19-3)7-14-11(17)8-4-9(15)6-10(16)5-8/h4-6,15-16H,7H2,1-3H3,(H,14,17). The van der Waals surface area contributed by atoms with Crippen molar-refractivity contribution in [2.24, 2.45) is 5.41 Å². The van der Waals surface area contributed by atoms with E-state index in [-0.39, 0.29) is 23.6 Å². The molecule has 0 aliphatic carbocycles. The van der Waals surface area contributed by atoms with Gasteiger partial charge in [0.05, 0.1) is 12.5 Å². The van der Waals surface area contributed by atoms with Gasteiger partial charge in [-0.1, -0.05) is 0 Å². The van der Waals surface area contributed by atoms with Crippen molar-refractivity contribution < 1.29 is 24.5 Å². The maximum atomic E-state index is 11.8. The first-order valence-corrected chi connectivity index (χ1v) is 5.66. The van der Waals surface area contributed by atoms with Crippen molar-refractivity contribution in [2.45, 2.75) is 13.8 Å². The number of hydrogen-bond donors (Lipinski definition) is 3. The SMILES string of the molecule is COC(=O)C(C)(C)CNC(=O)c1cc(O)cc(O)c1. The first-order valence-electron chi connectivity index (χ1n) is 5.66. The van der Waals surface area contributed by atoms with Crippen molar-refractivity contribution >= 4 is 11.9 Å². The van der Waals surface area contributed by atoms with Gasteiger partial charge in [0, 0.05) is 18.2 Å². The summed E-state index contributed by atoms with van der Waals surface area (Å²) >= 11 is 0. The van der Waals surface area contributed by atoms with Gasteiger partial charge in [0.15, 0.2) is 0 Å². The lowest BCUT2D eigenvalue weighted by Crippen LogP contribution is -2.39. The Hall–Kier alpha value is -2.24. The van der Waals surface area contributed by atoms with Crippen molar-refractivity contribution in [1.29, 1.82) is 0 Å². The Kier molecular flexibility index (Phi) is 4.37. The molecule has 3 N–H and O–H groups in total. The summed E-state index contributed by atoms with van der Waals surface area (Å²) in [6, 6.07) is 3.57. The number of rotatable bonds is 4. The number of benzene rings is 1. The fourth-order valence-corrected chi connectivity index (χ4v) is 1.48. The first-order chi connectivity index (χ1) is 8.76. The van der Waals surface area contributed by atoms with Gasteiger partial charge in [-0.05, 0) is 26.0 Å². The highest BCUT2D eigenvalue weighted by Gasteiger charge is 2.29. The van der Waals surface area contributed by atoms with Crippen LogP contribution in [0.3, 0.4) is 0 Å². The average Bonchev–Trinajstić information content (AvgIpc) is 2.33. The van der Waals surface area contributed by atoms with Crippen LogP contribution in [0, 0.1) is 5.41 Å². The molecule has 1 aromatic carbocycles. The number of aromatic hydroxyl groups is 2. The summed E-state index contributed by atoms with van der Waals surface area (Å²) in [5.74, 6) is -1.36. The van der Waals surface area contributed by atoms with Crippen molar-refractivity contribution in [3.63, 3.8) is 0 Å². The molecule has 0 spiro atoms. The molecular weight excluding hydrogens is 250 g/mol. The van der Waals surface area contributed by atoms with Gasteiger partial charge in [-0.25, -0.2) is 0 Å². The Bertz CT molecular complexity index is 476. The van der Waals surface area contributed by atoms with E-state index in [1.807, 2.05) is 0 Å². The van der Waals surface area contributed by atoms with Gasteiger partial charge in [-0.3, -0.25) is 9.59 Å². The zero-order chi connectivity index (χ0) is 14.6. The minimum Gasteiger partial charge on any atom is -0.508 e. The molecule has 6 nitrogen and oxygen atoms in total. The third-order valence-electron chi connectivity index (χ3n) is 2.59. The molecule has 6 heteroatoms. The van der Waals surface area contributed by atoms with Gasteiger partial charge < -0.3 is 20.3 Å². The van der Waals surface area contributed by atoms with Gasteiger partial charge in [0.2, 0.25) is 0 Å². The Labute approximate surface area is 111 Å². The summed E-state index contributed by atoms with van der Waals surface area (Å²) < 4.78 is 4.62. The number of phenolic OH excluding ortho intramolecular Hbond substituents is 2. The van der Waals surface area contributed by atoms with E-state index < -0.39 is 17.3 Å². The minimum atomic E-state index is -0.858. The predicted octanol–water partition coefficient (Wildman–Crippen LogP) is 1.03. The van der Waals surface area contributed by atoms with Crippen LogP contribution in [0.15, 0.2) is 18.2 Å². The molecule has 0 aliphatic rings. The first kappa shape index (κ1) is 14.8. The Balaban J connectivity index is 2.73. The third-order valence-corrected chi connectivity index (χ3v) is 2.59. The molecule has 0 aliphatic heterocycles. The second-order valence-corrected chi connectivity index (χ2v) is 4.80. The highest BCUT2D eigenvalue weighted by Crippen LogP contribution is 2.21. The van der Waals surface area contributed by atoms with E-state index in [1.54, 1.807) is 13.8 Å². The molecule has 104 valence electrons. The van der Waals surface area contributed by atoms with Crippen molar-refractivity contribution in [2.75, 3.05) is 13.7 Å². The largest absolute Gasteiger partial charge is 0.508 e. The lowest BCUT2D eigenvalue weighted by molar-refractivity contribution is -0.150. The Morgan fingerprint density at radius 3 is 2.21 bits per heavy atom. The maximum absolute atomic E-state index is 11.8. The Morgan fingerprint density at radius 2 is 1.74 bits per heavy atom. The van der Waals surface area contributed by atoms with Crippen LogP contribution < -0.4 is 5.32 Å². The number of esters is 1. The summed E-state index contributed by atoms with van der Waals surface area (Å²) in [6.45, 7) is 3.35. The highest BCUT2D eigenvalue weighted by atomic mass is 16.5. The number of carbonyl (C=O) groups is 2. The van der Waals surface area contributed by atoms with Crippen molar-refractivity contribution in [1.82, 2.24) is 5.32 Å². The number of phenols is 2. The summed E-state index contributed by atoms with van der Waals surface area (Å²) in [7, 11) is 1.28. The van der Waals surface area contributed by atoms with Gasteiger partial charge in [0.25, 0.3) is 5.91 Å². The van der Waals surface area contributed by atoms with E-state index in [9.17, 15) is 19.8 Å². The van der Waals surface area contributed by atoms with E-state index >= 15 is 0 Å². The van der Waals surface area contributed by atoms with E-state index in [0.29, 0.717) is 0 Å². The number of ether oxygens (including phenoxy) is 1. The van der Waals surface area contributed by atoms with E-state index in [0.717, 1.165) is 6.07 Å². The van der Waals surface area contributed by atoms with Crippen LogP contribution in [-0.2, 0) is 9.53 Å². The number of carbonyl (C=O) groups excluding carboxylic acids is 2. The van der Waals surface area contributed by atoms with Gasteiger partial charge >= 0.3 is 5.97 Å². The molecule has 19 heavy (non-hydrogen) atoms. The summed E-state index contributed by atoms with van der Waals surface area (Å²) in [5.41, 5.74) is -0.748. The molecular formula is C13H17NO5. The van der Waals surface area contributed by atoms with Crippen LogP contribution in [0.4, 0.5) is 0 Å². The fraction of sp³-hybridized carbons (Fsp3) is 0.385. The molecule has 0 unspecified atom stereocenters. The lowest BCUT2D eigenvalue weighted by atomic mass is 9.93. The average molecular weight is 267 g/mol. The third kappa shape index (κ3) is 3.87. The zero-order valence-corrected chi connectivity index (χ0v) is 11.1.